The van der Waals surface area contributed by atoms with E-state index in [1.54, 1.807) is 23.1 Å². The van der Waals surface area contributed by atoms with E-state index in [1.165, 1.54) is 0 Å². The highest BCUT2D eigenvalue weighted by molar-refractivity contribution is 7.99. The summed E-state index contributed by atoms with van der Waals surface area (Å²) in [4.78, 5) is 18.9. The van der Waals surface area contributed by atoms with Crippen molar-refractivity contribution in [3.8, 4) is 0 Å². The van der Waals surface area contributed by atoms with Crippen LogP contribution >= 0.6 is 23.1 Å². The van der Waals surface area contributed by atoms with E-state index in [2.05, 4.69) is 10.3 Å². The predicted octanol–water partition coefficient (Wildman–Crippen LogP) is 5.60. The molecule has 0 atom stereocenters. The van der Waals surface area contributed by atoms with Crippen molar-refractivity contribution in [1.29, 1.82) is 0 Å². The number of ether oxygens (including phenoxy) is 1. The van der Waals surface area contributed by atoms with Gasteiger partial charge in [-0.25, -0.2) is 4.98 Å². The lowest BCUT2D eigenvalue weighted by Gasteiger charge is -2.10. The summed E-state index contributed by atoms with van der Waals surface area (Å²) in [6.07, 6.45) is 0. The average molecular weight is 407 g/mol. The molecule has 0 aliphatic carbocycles. The number of benzene rings is 3. The number of aromatic nitrogens is 1. The molecule has 0 saturated carbocycles. The summed E-state index contributed by atoms with van der Waals surface area (Å²) in [6.45, 7) is 0.313. The van der Waals surface area contributed by atoms with Crippen LogP contribution in [0.2, 0.25) is 0 Å². The Morgan fingerprint density at radius 1 is 0.964 bits per heavy atom. The largest absolute Gasteiger partial charge is 0.364 e. The molecule has 6 heteroatoms. The Hall–Kier alpha value is -2.67. The van der Waals surface area contributed by atoms with E-state index in [9.17, 15) is 4.79 Å². The van der Waals surface area contributed by atoms with E-state index >= 15 is 0 Å². The Kier molecular flexibility index (Phi) is 6.01. The highest BCUT2D eigenvalue weighted by Gasteiger charge is 2.09. The summed E-state index contributed by atoms with van der Waals surface area (Å²) in [6, 6.07) is 25.8. The molecule has 0 unspecified atom stereocenters. The molecular formula is C22H18N2O2S2. The van der Waals surface area contributed by atoms with Crippen LogP contribution < -0.4 is 5.32 Å². The van der Waals surface area contributed by atoms with Gasteiger partial charge in [0.25, 0.3) is 0 Å². The van der Waals surface area contributed by atoms with Gasteiger partial charge in [-0.15, -0.1) is 11.3 Å². The second-order valence-electron chi connectivity index (χ2n) is 6.03. The van der Waals surface area contributed by atoms with E-state index in [-0.39, 0.29) is 12.5 Å². The maximum Gasteiger partial charge on any atom is 0.250 e. The first-order chi connectivity index (χ1) is 13.8. The van der Waals surface area contributed by atoms with Crippen molar-refractivity contribution < 1.29 is 9.53 Å². The topological polar surface area (TPSA) is 51.2 Å². The van der Waals surface area contributed by atoms with Gasteiger partial charge in [0.2, 0.25) is 5.91 Å². The number of carbonyl (C=O) groups is 1. The predicted molar refractivity (Wildman–Crippen MR) is 115 cm³/mol. The van der Waals surface area contributed by atoms with Crippen molar-refractivity contribution in [2.75, 3.05) is 11.9 Å². The van der Waals surface area contributed by atoms with Crippen LogP contribution in [0.5, 0.6) is 0 Å². The highest BCUT2D eigenvalue weighted by atomic mass is 32.2. The van der Waals surface area contributed by atoms with Crippen molar-refractivity contribution >= 4 is 44.9 Å². The molecule has 3 aromatic carbocycles. The van der Waals surface area contributed by atoms with Crippen molar-refractivity contribution in [1.82, 2.24) is 4.98 Å². The number of anilines is 1. The molecule has 28 heavy (non-hydrogen) atoms. The Morgan fingerprint density at radius 2 is 1.71 bits per heavy atom. The van der Waals surface area contributed by atoms with Crippen molar-refractivity contribution in [2.24, 2.45) is 0 Å². The molecule has 1 amide bonds. The highest BCUT2D eigenvalue weighted by Crippen LogP contribution is 2.33. The third-order valence-electron chi connectivity index (χ3n) is 3.93. The minimum atomic E-state index is -0.178. The zero-order chi connectivity index (χ0) is 19.2. The molecule has 0 spiro atoms. The summed E-state index contributed by atoms with van der Waals surface area (Å²) in [7, 11) is 0. The van der Waals surface area contributed by atoms with Gasteiger partial charge in [0, 0.05) is 9.79 Å². The molecule has 1 aromatic heterocycles. The van der Waals surface area contributed by atoms with E-state index in [0.717, 1.165) is 30.7 Å². The summed E-state index contributed by atoms with van der Waals surface area (Å²) in [5.74, 6) is -0.178. The molecule has 4 aromatic rings. The number of rotatable bonds is 7. The van der Waals surface area contributed by atoms with E-state index in [4.69, 9.17) is 4.74 Å². The average Bonchev–Trinajstić information content (AvgIpc) is 3.13. The Morgan fingerprint density at radius 3 is 2.57 bits per heavy atom. The van der Waals surface area contributed by atoms with Crippen LogP contribution in [0.15, 0.2) is 88.7 Å². The zero-order valence-corrected chi connectivity index (χ0v) is 16.6. The third kappa shape index (κ3) is 4.78. The number of para-hydroxylation sites is 2. The maximum atomic E-state index is 12.3. The number of hydrogen-bond acceptors (Lipinski definition) is 5. The van der Waals surface area contributed by atoms with Gasteiger partial charge >= 0.3 is 0 Å². The molecule has 0 saturated heterocycles. The summed E-state index contributed by atoms with van der Waals surface area (Å²) in [5, 5.41) is 3.81. The number of amides is 1. The fourth-order valence-electron chi connectivity index (χ4n) is 2.67. The first-order valence-electron chi connectivity index (χ1n) is 8.82. The van der Waals surface area contributed by atoms with Crippen LogP contribution in [-0.4, -0.2) is 17.5 Å². The minimum Gasteiger partial charge on any atom is -0.364 e. The van der Waals surface area contributed by atoms with Gasteiger partial charge in [-0.2, -0.15) is 0 Å². The summed E-state index contributed by atoms with van der Waals surface area (Å²) in [5.41, 5.74) is 1.74. The van der Waals surface area contributed by atoms with Gasteiger partial charge in [0.15, 0.2) is 0 Å². The number of nitrogens with zero attached hydrogens (tertiary/aromatic N) is 1. The quantitative estimate of drug-likeness (QED) is 0.434. The Balaban J connectivity index is 1.33. The molecule has 140 valence electrons. The molecule has 1 heterocycles. The molecule has 0 aliphatic heterocycles. The van der Waals surface area contributed by atoms with Crippen LogP contribution in [-0.2, 0) is 16.1 Å². The standard InChI is InChI=1S/C22H18N2O2S2/c25-21(14-26-15-22-24-18-11-5-7-13-20(18)28-22)23-17-10-4-6-12-19(17)27-16-8-2-1-3-9-16/h1-13H,14-15H2,(H,23,25). The Labute approximate surface area is 171 Å². The lowest BCUT2D eigenvalue weighted by molar-refractivity contribution is -0.121. The first kappa shape index (κ1) is 18.7. The lowest BCUT2D eigenvalue weighted by atomic mass is 10.3. The van der Waals surface area contributed by atoms with Gasteiger partial charge in [-0.3, -0.25) is 4.79 Å². The molecule has 4 nitrogen and oxygen atoms in total. The maximum absolute atomic E-state index is 12.3. The van der Waals surface area contributed by atoms with Crippen LogP contribution in [0.1, 0.15) is 5.01 Å². The molecule has 0 fully saturated rings. The summed E-state index contributed by atoms with van der Waals surface area (Å²) < 4.78 is 6.69. The van der Waals surface area contributed by atoms with Crippen LogP contribution in [0.4, 0.5) is 5.69 Å². The van der Waals surface area contributed by atoms with Crippen LogP contribution in [0.3, 0.4) is 0 Å². The fraction of sp³-hybridized carbons (Fsp3) is 0.0909. The third-order valence-corrected chi connectivity index (χ3v) is 6.02. The van der Waals surface area contributed by atoms with E-state index < -0.39 is 0 Å². The van der Waals surface area contributed by atoms with Gasteiger partial charge in [0.1, 0.15) is 11.6 Å². The van der Waals surface area contributed by atoms with Gasteiger partial charge < -0.3 is 10.1 Å². The minimum absolute atomic E-state index is 0.0136. The van der Waals surface area contributed by atoms with Crippen LogP contribution in [0.25, 0.3) is 10.2 Å². The normalized spacial score (nSPS) is 10.9. The van der Waals surface area contributed by atoms with E-state index in [1.807, 2.05) is 78.9 Å². The smallest absolute Gasteiger partial charge is 0.250 e. The molecule has 0 bridgehead atoms. The lowest BCUT2D eigenvalue weighted by Crippen LogP contribution is -2.18. The fourth-order valence-corrected chi connectivity index (χ4v) is 4.50. The van der Waals surface area contributed by atoms with Gasteiger partial charge in [-0.1, -0.05) is 54.2 Å². The SMILES string of the molecule is O=C(COCc1nc2ccccc2s1)Nc1ccccc1Sc1ccccc1. The summed E-state index contributed by atoms with van der Waals surface area (Å²) >= 11 is 3.20. The number of fused-ring (bicyclic) bond motifs is 1. The molecule has 4 rings (SSSR count). The monoisotopic (exact) mass is 406 g/mol. The number of thiazole rings is 1. The van der Waals surface area contributed by atoms with Gasteiger partial charge in [0.05, 0.1) is 22.5 Å². The second kappa shape index (κ2) is 9.01. The molecule has 0 aliphatic rings. The van der Waals surface area contributed by atoms with Gasteiger partial charge in [-0.05, 0) is 36.4 Å². The molecular weight excluding hydrogens is 388 g/mol. The van der Waals surface area contributed by atoms with Crippen molar-refractivity contribution in [2.45, 2.75) is 16.4 Å². The first-order valence-corrected chi connectivity index (χ1v) is 10.5. The Bertz CT molecular complexity index is 1050. The molecule has 1 N–H and O–H groups in total. The second-order valence-corrected chi connectivity index (χ2v) is 8.26. The number of nitrogens with one attached hydrogen (secondary N) is 1. The van der Waals surface area contributed by atoms with Crippen molar-refractivity contribution in [3.63, 3.8) is 0 Å². The number of hydrogen-bond donors (Lipinski definition) is 1. The zero-order valence-electron chi connectivity index (χ0n) is 15.0. The van der Waals surface area contributed by atoms with Crippen molar-refractivity contribution in [3.05, 3.63) is 83.9 Å². The number of carbonyl (C=O) groups excluding carboxylic acids is 1. The van der Waals surface area contributed by atoms with E-state index in [0.29, 0.717) is 6.61 Å². The van der Waals surface area contributed by atoms with Crippen LogP contribution in [0, 0.1) is 0 Å². The molecule has 0 radical (unpaired) electrons.